The Morgan fingerprint density at radius 3 is 2.55 bits per heavy atom. The molecule has 2 N–H and O–H groups in total. The van der Waals surface area contributed by atoms with Gasteiger partial charge in [-0.25, -0.2) is 9.07 Å². The summed E-state index contributed by atoms with van der Waals surface area (Å²) in [6.07, 6.45) is 1.65. The number of H-pyrrole nitrogens is 1. The van der Waals surface area contributed by atoms with Gasteiger partial charge in [-0.2, -0.15) is 10.2 Å². The lowest BCUT2D eigenvalue weighted by molar-refractivity contribution is 0.0950. The van der Waals surface area contributed by atoms with Gasteiger partial charge in [0, 0.05) is 18.3 Å². The minimum atomic E-state index is -0.336. The second-order valence-corrected chi connectivity index (χ2v) is 7.44. The van der Waals surface area contributed by atoms with Crippen LogP contribution in [0.25, 0.3) is 16.9 Å². The van der Waals surface area contributed by atoms with E-state index in [0.29, 0.717) is 34.1 Å². The zero-order chi connectivity index (χ0) is 22.0. The topological polar surface area (TPSA) is 80.5 Å². The number of nitrogens with one attached hydrogen (secondary N) is 2. The van der Waals surface area contributed by atoms with Crippen LogP contribution < -0.4 is 5.32 Å². The van der Waals surface area contributed by atoms with E-state index < -0.39 is 0 Å². The van der Waals surface area contributed by atoms with Crippen molar-refractivity contribution in [1.29, 1.82) is 0 Å². The van der Waals surface area contributed by atoms with E-state index in [2.05, 4.69) is 20.6 Å². The van der Waals surface area contributed by atoms with Crippen molar-refractivity contribution in [2.75, 3.05) is 0 Å². The molecule has 2 aromatic carbocycles. The molecule has 31 heavy (non-hydrogen) atoms. The Hall–Kier alpha value is -3.59. The molecule has 9 heteroatoms. The van der Waals surface area contributed by atoms with Crippen molar-refractivity contribution in [1.82, 2.24) is 29.9 Å². The molecule has 4 rings (SSSR count). The third kappa shape index (κ3) is 4.31. The molecule has 0 saturated heterocycles. The van der Waals surface area contributed by atoms with Crippen LogP contribution in [0.3, 0.4) is 0 Å². The summed E-state index contributed by atoms with van der Waals surface area (Å²) in [5.41, 5.74) is 3.52. The quantitative estimate of drug-likeness (QED) is 0.444. The molecule has 0 bridgehead atoms. The molecule has 7 nitrogen and oxygen atoms in total. The Morgan fingerprint density at radius 2 is 1.87 bits per heavy atom. The highest BCUT2D eigenvalue weighted by molar-refractivity contribution is 7.71. The third-order valence-corrected chi connectivity index (χ3v) is 5.25. The van der Waals surface area contributed by atoms with Gasteiger partial charge in [0.05, 0.1) is 17.8 Å². The molecule has 1 amide bonds. The summed E-state index contributed by atoms with van der Waals surface area (Å²) in [7, 11) is 0. The number of carbonyl (C=O) groups excluding carboxylic acids is 1. The van der Waals surface area contributed by atoms with E-state index in [1.807, 2.05) is 42.7 Å². The molecule has 0 spiro atoms. The number of aryl methyl sites for hydroxylation is 1. The number of aromatic nitrogens is 5. The van der Waals surface area contributed by atoms with Gasteiger partial charge in [-0.05, 0) is 50.3 Å². The van der Waals surface area contributed by atoms with Crippen LogP contribution in [0.1, 0.15) is 28.7 Å². The summed E-state index contributed by atoms with van der Waals surface area (Å²) in [6.45, 7) is 4.82. The van der Waals surface area contributed by atoms with E-state index in [1.165, 1.54) is 12.1 Å². The Balaban J connectivity index is 1.68. The minimum absolute atomic E-state index is 0.217. The molecule has 0 atom stereocenters. The smallest absolute Gasteiger partial charge is 0.255 e. The Morgan fingerprint density at radius 1 is 1.16 bits per heavy atom. The number of halogens is 1. The van der Waals surface area contributed by atoms with Gasteiger partial charge in [-0.3, -0.25) is 9.89 Å². The molecule has 0 aliphatic heterocycles. The summed E-state index contributed by atoms with van der Waals surface area (Å²) < 4.78 is 17.2. The van der Waals surface area contributed by atoms with E-state index in [9.17, 15) is 9.18 Å². The van der Waals surface area contributed by atoms with Gasteiger partial charge in [0.15, 0.2) is 10.6 Å². The highest BCUT2D eigenvalue weighted by Crippen LogP contribution is 2.24. The zero-order valence-corrected chi connectivity index (χ0v) is 17.9. The second-order valence-electron chi connectivity index (χ2n) is 7.05. The maximum Gasteiger partial charge on any atom is 0.255 e. The standard InChI is InChI=1S/C22H21FN6OS/c1-3-28-19(25-26-22(28)31)12-24-21(30)18-13-29(17-10-8-16(23)9-11-17)27-20(18)15-6-4-14(2)5-7-15/h4-11,13H,3,12H2,1-2H3,(H,24,30)(H,26,31). The average molecular weight is 437 g/mol. The molecule has 2 aromatic heterocycles. The highest BCUT2D eigenvalue weighted by atomic mass is 32.1. The minimum Gasteiger partial charge on any atom is -0.345 e. The van der Waals surface area contributed by atoms with Crippen molar-refractivity contribution >= 4 is 18.1 Å². The summed E-state index contributed by atoms with van der Waals surface area (Å²) in [4.78, 5) is 13.1. The van der Waals surface area contributed by atoms with Crippen LogP contribution in [-0.4, -0.2) is 30.5 Å². The van der Waals surface area contributed by atoms with Crippen LogP contribution in [0, 0.1) is 17.5 Å². The van der Waals surface area contributed by atoms with E-state index in [0.717, 1.165) is 11.1 Å². The average Bonchev–Trinajstić information content (AvgIpc) is 3.37. The van der Waals surface area contributed by atoms with Gasteiger partial charge >= 0.3 is 0 Å². The zero-order valence-electron chi connectivity index (χ0n) is 17.1. The number of nitrogens with zero attached hydrogens (tertiary/aromatic N) is 4. The van der Waals surface area contributed by atoms with Crippen LogP contribution in [0.2, 0.25) is 0 Å². The van der Waals surface area contributed by atoms with Gasteiger partial charge in [0.1, 0.15) is 11.5 Å². The first kappa shape index (κ1) is 20.7. The number of rotatable bonds is 6. The lowest BCUT2D eigenvalue weighted by atomic mass is 10.1. The first-order chi connectivity index (χ1) is 15.0. The maximum absolute atomic E-state index is 13.3. The van der Waals surface area contributed by atoms with Gasteiger partial charge in [0.25, 0.3) is 5.91 Å². The second kappa shape index (κ2) is 8.65. The van der Waals surface area contributed by atoms with E-state index in [1.54, 1.807) is 23.0 Å². The lowest BCUT2D eigenvalue weighted by Gasteiger charge is -2.06. The summed E-state index contributed by atoms with van der Waals surface area (Å²) in [5, 5.41) is 14.4. The van der Waals surface area contributed by atoms with Crippen molar-refractivity contribution in [2.24, 2.45) is 0 Å². The van der Waals surface area contributed by atoms with Gasteiger partial charge < -0.3 is 9.88 Å². The molecule has 0 fully saturated rings. The molecular weight excluding hydrogens is 415 g/mol. The number of hydrogen-bond acceptors (Lipinski definition) is 4. The van der Waals surface area contributed by atoms with Crippen molar-refractivity contribution in [3.63, 3.8) is 0 Å². The normalized spacial score (nSPS) is 10.9. The first-order valence-electron chi connectivity index (χ1n) is 9.81. The predicted molar refractivity (Wildman–Crippen MR) is 118 cm³/mol. The SMILES string of the molecule is CCn1c(CNC(=O)c2cn(-c3ccc(F)cc3)nc2-c2ccc(C)cc2)n[nH]c1=S. The number of aromatic amines is 1. The molecule has 4 aromatic rings. The first-order valence-corrected chi connectivity index (χ1v) is 10.2. The maximum atomic E-state index is 13.3. The monoisotopic (exact) mass is 436 g/mol. The largest absolute Gasteiger partial charge is 0.345 e. The van der Waals surface area contributed by atoms with Gasteiger partial charge in [0.2, 0.25) is 0 Å². The fraction of sp³-hybridized carbons (Fsp3) is 0.182. The lowest BCUT2D eigenvalue weighted by Crippen LogP contribution is -2.25. The molecular formula is C22H21FN6OS. The fourth-order valence-corrected chi connectivity index (χ4v) is 3.54. The molecule has 0 unspecified atom stereocenters. The molecule has 0 aliphatic rings. The summed E-state index contributed by atoms with van der Waals surface area (Å²) >= 11 is 5.20. The van der Waals surface area contributed by atoms with Crippen LogP contribution in [0.15, 0.2) is 54.7 Å². The van der Waals surface area contributed by atoms with Crippen molar-refractivity contribution in [3.05, 3.63) is 82.3 Å². The fourth-order valence-electron chi connectivity index (χ4n) is 3.26. The number of carbonyl (C=O) groups is 1. The highest BCUT2D eigenvalue weighted by Gasteiger charge is 2.19. The van der Waals surface area contributed by atoms with Crippen LogP contribution in [-0.2, 0) is 13.1 Å². The van der Waals surface area contributed by atoms with Gasteiger partial charge in [-0.1, -0.05) is 29.8 Å². The van der Waals surface area contributed by atoms with Gasteiger partial charge in [-0.15, -0.1) is 0 Å². The molecule has 0 saturated carbocycles. The number of hydrogen-bond donors (Lipinski definition) is 2. The van der Waals surface area contributed by atoms with Crippen molar-refractivity contribution in [2.45, 2.75) is 26.9 Å². The van der Waals surface area contributed by atoms with Crippen LogP contribution in [0.4, 0.5) is 4.39 Å². The molecule has 0 radical (unpaired) electrons. The summed E-state index contributed by atoms with van der Waals surface area (Å²) in [5.74, 6) is 0.0149. The van der Waals surface area contributed by atoms with Crippen molar-refractivity contribution in [3.8, 4) is 16.9 Å². The predicted octanol–water partition coefficient (Wildman–Crippen LogP) is 4.19. The van der Waals surface area contributed by atoms with Crippen LogP contribution >= 0.6 is 12.2 Å². The summed E-state index contributed by atoms with van der Waals surface area (Å²) in [6, 6.07) is 13.7. The Kier molecular flexibility index (Phi) is 5.77. The molecule has 0 aliphatic carbocycles. The van der Waals surface area contributed by atoms with Crippen LogP contribution in [0.5, 0.6) is 0 Å². The molecule has 2 heterocycles. The Bertz CT molecular complexity index is 1270. The van der Waals surface area contributed by atoms with E-state index in [4.69, 9.17) is 12.2 Å². The van der Waals surface area contributed by atoms with Crippen molar-refractivity contribution < 1.29 is 9.18 Å². The van der Waals surface area contributed by atoms with E-state index in [-0.39, 0.29) is 18.3 Å². The Labute approximate surface area is 183 Å². The molecule has 158 valence electrons. The number of benzene rings is 2. The van der Waals surface area contributed by atoms with E-state index >= 15 is 0 Å². The number of amides is 1. The third-order valence-electron chi connectivity index (χ3n) is 4.94.